The lowest BCUT2D eigenvalue weighted by Crippen LogP contribution is -2.55. The van der Waals surface area contributed by atoms with Gasteiger partial charge in [-0.2, -0.15) is 0 Å². The van der Waals surface area contributed by atoms with Gasteiger partial charge in [-0.15, -0.1) is 0 Å². The number of nitrogens with two attached hydrogens (primary N) is 1. The Morgan fingerprint density at radius 2 is 0.580 bits per heavy atom. The van der Waals surface area contributed by atoms with Crippen LogP contribution < -0.4 is 27.0 Å². The molecule has 0 spiro atoms. The molecule has 3 fully saturated rings. The summed E-state index contributed by atoms with van der Waals surface area (Å²) in [5, 5.41) is 12.4. The number of carbonyl (C=O) groups is 9. The predicted molar refractivity (Wildman–Crippen MR) is 440 cm³/mol. The van der Waals surface area contributed by atoms with Gasteiger partial charge in [0.2, 0.25) is 23.6 Å². The molecule has 3 aliphatic carbocycles. The van der Waals surface area contributed by atoms with E-state index in [9.17, 15) is 43.2 Å². The van der Waals surface area contributed by atoms with Crippen LogP contribution in [0.2, 0.25) is 0 Å². The van der Waals surface area contributed by atoms with Crippen LogP contribution >= 0.6 is 0 Å². The quantitative estimate of drug-likeness (QED) is 0.0215. The highest BCUT2D eigenvalue weighted by Gasteiger charge is 2.45. The maximum atomic E-state index is 12.9. The predicted octanol–water partition coefficient (Wildman–Crippen LogP) is 15.3. The van der Waals surface area contributed by atoms with Crippen LogP contribution in [0.5, 0.6) is 0 Å². The zero-order valence-corrected chi connectivity index (χ0v) is 72.4. The molecule has 6 N–H and O–H groups in total. The summed E-state index contributed by atoms with van der Waals surface area (Å²) in [6, 6.07) is -0.175. The Morgan fingerprint density at radius 1 is 0.321 bits per heavy atom. The standard InChI is InChI=1S/C89H161N5O18/c1-65-68(4)86(92-71(7)95)82(55-77(65)58-110-74(10)98)107-50-42-36-30-24-18-13-15-21-27-33-39-45-80(101)47-53-104-62-89(90,64-106-61-85(103)91-49-41-35-29-23-17-20-26-32-38-44-52-109-84-57-79(60-112-76(12)100)67(3)70(6)88(84)94-73(9)97)63-105-54-48-81(102)46-40-34-28-22-16-14-19-25-31-37-43-51-108-83-56-78(59-111-75(11)99)66(2)69(5)87(83)93-72(8)96/h65-70,77-79,82-84,86-88H,13-64,90H2,1-12H3,(H,91,103)(H,92,95)(H,93,96)(H,94,97). The number of Topliss-reactive ketones (excluding diaryl/α,β-unsaturated/α-hetero) is 2. The lowest BCUT2D eigenvalue weighted by atomic mass is 9.70. The number of rotatable bonds is 67. The first-order valence-corrected chi connectivity index (χ1v) is 44.6. The molecular formula is C89H161N5O18. The van der Waals surface area contributed by atoms with Gasteiger partial charge in [-0.1, -0.05) is 208 Å². The van der Waals surface area contributed by atoms with Crippen molar-refractivity contribution < 1.29 is 85.8 Å². The summed E-state index contributed by atoms with van der Waals surface area (Å²) < 4.78 is 53.2. The lowest BCUT2D eigenvalue weighted by Gasteiger charge is -2.44. The Hall–Kier alpha value is -4.65. The Balaban J connectivity index is 1.29. The fourth-order valence-electron chi connectivity index (χ4n) is 16.8. The molecule has 112 heavy (non-hydrogen) atoms. The summed E-state index contributed by atoms with van der Waals surface area (Å²) in [6.45, 7) is 26.0. The second kappa shape index (κ2) is 61.7. The maximum absolute atomic E-state index is 12.9. The molecule has 0 saturated heterocycles. The molecule has 15 unspecified atom stereocenters. The number of hydrogen-bond acceptors (Lipinski definition) is 19. The molecule has 23 nitrogen and oxygen atoms in total. The van der Waals surface area contributed by atoms with E-state index >= 15 is 0 Å². The van der Waals surface area contributed by atoms with E-state index in [1.807, 2.05) is 0 Å². The van der Waals surface area contributed by atoms with Crippen LogP contribution in [0.4, 0.5) is 0 Å². The van der Waals surface area contributed by atoms with Gasteiger partial charge in [0.15, 0.2) is 0 Å². The average molecular weight is 1590 g/mol. The summed E-state index contributed by atoms with van der Waals surface area (Å²) in [4.78, 5) is 110. The fraction of sp³-hybridized carbons (Fsp3) is 0.899. The highest BCUT2D eigenvalue weighted by atomic mass is 16.5. The van der Waals surface area contributed by atoms with Crippen LogP contribution in [0, 0.1) is 53.3 Å². The minimum atomic E-state index is -1.10. The van der Waals surface area contributed by atoms with E-state index in [1.54, 1.807) is 20.8 Å². The van der Waals surface area contributed by atoms with Crippen LogP contribution in [0.25, 0.3) is 0 Å². The molecule has 650 valence electrons. The molecule has 0 aliphatic heterocycles. The number of ether oxygens (including phenoxy) is 9. The van der Waals surface area contributed by atoms with E-state index in [0.29, 0.717) is 70.9 Å². The van der Waals surface area contributed by atoms with Gasteiger partial charge in [-0.25, -0.2) is 0 Å². The molecule has 15 atom stereocenters. The van der Waals surface area contributed by atoms with Crippen LogP contribution in [-0.4, -0.2) is 181 Å². The van der Waals surface area contributed by atoms with Crippen LogP contribution in [0.15, 0.2) is 0 Å². The van der Waals surface area contributed by atoms with Crippen LogP contribution in [-0.2, 0) is 85.8 Å². The van der Waals surface area contributed by atoms with Gasteiger partial charge in [0.1, 0.15) is 18.2 Å². The van der Waals surface area contributed by atoms with Crippen molar-refractivity contribution in [2.24, 2.45) is 59.0 Å². The number of carbonyl (C=O) groups excluding carboxylic acids is 9. The van der Waals surface area contributed by atoms with Crippen molar-refractivity contribution in [3.8, 4) is 0 Å². The van der Waals surface area contributed by atoms with E-state index in [0.717, 1.165) is 154 Å². The Bertz CT molecular complexity index is 2460. The van der Waals surface area contributed by atoms with Gasteiger partial charge < -0.3 is 69.6 Å². The first-order chi connectivity index (χ1) is 53.7. The van der Waals surface area contributed by atoms with Gasteiger partial charge >= 0.3 is 17.9 Å². The minimum absolute atomic E-state index is 0.000746. The molecule has 0 heterocycles. The summed E-state index contributed by atoms with van der Waals surface area (Å²) >= 11 is 0. The molecule has 4 amide bonds. The van der Waals surface area contributed by atoms with Crippen molar-refractivity contribution in [1.29, 1.82) is 0 Å². The molecule has 23 heteroatoms. The third kappa shape index (κ3) is 46.9. The Kier molecular flexibility index (Phi) is 55.9. The second-order valence-corrected chi connectivity index (χ2v) is 34.2. The van der Waals surface area contributed by atoms with E-state index in [-0.39, 0.29) is 183 Å². The van der Waals surface area contributed by atoms with E-state index in [4.69, 9.17) is 48.4 Å². The van der Waals surface area contributed by atoms with Crippen molar-refractivity contribution in [2.45, 2.75) is 375 Å². The number of unbranched alkanes of at least 4 members (excludes halogenated alkanes) is 29. The topological polar surface area (TPSA) is 311 Å². The Morgan fingerprint density at radius 3 is 0.857 bits per heavy atom. The second-order valence-electron chi connectivity index (χ2n) is 34.2. The average Bonchev–Trinajstić information content (AvgIpc) is 0.819. The molecule has 0 aromatic carbocycles. The number of hydrogen-bond donors (Lipinski definition) is 5. The molecule has 0 bridgehead atoms. The smallest absolute Gasteiger partial charge is 0.302 e. The first kappa shape index (κ1) is 102. The zero-order chi connectivity index (χ0) is 82.3. The third-order valence-corrected chi connectivity index (χ3v) is 24.4. The van der Waals surface area contributed by atoms with Gasteiger partial charge in [-0.3, -0.25) is 43.2 Å². The fourth-order valence-corrected chi connectivity index (χ4v) is 16.8. The lowest BCUT2D eigenvalue weighted by molar-refractivity contribution is -0.146. The van der Waals surface area contributed by atoms with Crippen molar-refractivity contribution >= 4 is 53.1 Å². The van der Waals surface area contributed by atoms with Gasteiger partial charge in [-0.05, 0) is 111 Å². The third-order valence-electron chi connectivity index (χ3n) is 24.4. The van der Waals surface area contributed by atoms with Crippen molar-refractivity contribution in [1.82, 2.24) is 21.3 Å². The summed E-state index contributed by atoms with van der Waals surface area (Å²) in [5.41, 5.74) is 5.76. The summed E-state index contributed by atoms with van der Waals surface area (Å²) in [6.07, 6.45) is 38.8. The van der Waals surface area contributed by atoms with E-state index < -0.39 is 5.54 Å². The SMILES string of the molecule is CC(=O)NC1C(OCCCCCCCCCCCCCC(=O)CCOCC(N)(COCCC(=O)CCCCCCCCCCCCCOC2CC(COC(C)=O)C(C)C(C)C2NC(C)=O)COCC(=O)NCCCCCCCCCCCCOC2CC(COC(C)=O)C(C)C(C)C2NC(C)=O)CC(COC(C)=O)C(C)C1C. The largest absolute Gasteiger partial charge is 0.466 e. The highest BCUT2D eigenvalue weighted by Crippen LogP contribution is 2.40. The van der Waals surface area contributed by atoms with Gasteiger partial charge in [0.05, 0.1) is 94.8 Å². The van der Waals surface area contributed by atoms with E-state index in [2.05, 4.69) is 62.8 Å². The molecule has 0 aromatic rings. The normalized spacial score (nSPS) is 24.3. The van der Waals surface area contributed by atoms with Crippen molar-refractivity contribution in [3.63, 3.8) is 0 Å². The maximum Gasteiger partial charge on any atom is 0.302 e. The van der Waals surface area contributed by atoms with Gasteiger partial charge in [0.25, 0.3) is 0 Å². The number of nitrogens with one attached hydrogen (secondary N) is 4. The molecular weight excluding hydrogens is 1430 g/mol. The zero-order valence-electron chi connectivity index (χ0n) is 72.4. The van der Waals surface area contributed by atoms with Crippen LogP contribution in [0.3, 0.4) is 0 Å². The minimum Gasteiger partial charge on any atom is -0.466 e. The molecule has 3 saturated carbocycles. The molecule has 3 rings (SSSR count). The number of amides is 4. The Labute approximate surface area is 677 Å². The first-order valence-electron chi connectivity index (χ1n) is 44.6. The molecule has 0 aromatic heterocycles. The van der Waals surface area contributed by atoms with Crippen LogP contribution in [0.1, 0.15) is 333 Å². The van der Waals surface area contributed by atoms with E-state index in [1.165, 1.54) is 91.4 Å². The van der Waals surface area contributed by atoms with Gasteiger partial charge in [0, 0.05) is 93.6 Å². The monoisotopic (exact) mass is 1590 g/mol. The molecule has 0 radical (unpaired) electrons. The summed E-state index contributed by atoms with van der Waals surface area (Å²) in [5.74, 6) is 1.18. The van der Waals surface area contributed by atoms with Crippen molar-refractivity contribution in [2.75, 3.05) is 85.8 Å². The summed E-state index contributed by atoms with van der Waals surface area (Å²) in [7, 11) is 0. The van der Waals surface area contributed by atoms with Crippen molar-refractivity contribution in [3.05, 3.63) is 0 Å². The number of esters is 3. The highest BCUT2D eigenvalue weighted by molar-refractivity contribution is 5.79. The molecule has 3 aliphatic rings. The number of ketones is 2.